The van der Waals surface area contributed by atoms with Crippen molar-refractivity contribution in [2.45, 2.75) is 63.1 Å². The van der Waals surface area contributed by atoms with E-state index in [0.29, 0.717) is 25.4 Å². The van der Waals surface area contributed by atoms with Crippen LogP contribution in [0.25, 0.3) is 0 Å². The van der Waals surface area contributed by atoms with Crippen LogP contribution in [0.15, 0.2) is 0 Å². The third-order valence-electron chi connectivity index (χ3n) is 6.75. The van der Waals surface area contributed by atoms with Crippen molar-refractivity contribution in [3.63, 3.8) is 0 Å². The van der Waals surface area contributed by atoms with Gasteiger partial charge < -0.3 is 19.7 Å². The molecule has 2 N–H and O–H groups in total. The van der Waals surface area contributed by atoms with Crippen molar-refractivity contribution >= 4 is 23.3 Å². The molecule has 4 saturated heterocycles. The lowest BCUT2D eigenvalue weighted by atomic mass is 10.0. The number of rotatable bonds is 8. The number of carbonyl (C=O) groups excluding carboxylic acids is 2. The molecule has 3 amide bonds. The predicted molar refractivity (Wildman–Crippen MR) is 110 cm³/mol. The second-order valence-corrected chi connectivity index (χ2v) is 9.54. The topological polar surface area (TPSA) is 127 Å². The van der Waals surface area contributed by atoms with Crippen LogP contribution in [0.1, 0.15) is 44.9 Å². The van der Waals surface area contributed by atoms with E-state index in [4.69, 9.17) is 4.84 Å². The zero-order valence-corrected chi connectivity index (χ0v) is 18.5. The van der Waals surface area contributed by atoms with E-state index in [2.05, 4.69) is 20.0 Å². The Morgan fingerprint density at radius 2 is 2.00 bits per heavy atom. The molecule has 31 heavy (non-hydrogen) atoms. The summed E-state index contributed by atoms with van der Waals surface area (Å²) in [5, 5.41) is 4.31. The summed E-state index contributed by atoms with van der Waals surface area (Å²) in [4.78, 5) is 34.3. The van der Waals surface area contributed by atoms with Gasteiger partial charge >= 0.3 is 6.03 Å². The van der Waals surface area contributed by atoms with Gasteiger partial charge in [0.15, 0.2) is 0 Å². The fraction of sp³-hybridized carbons (Fsp3) is 0.895. The Balaban J connectivity index is 1.17. The van der Waals surface area contributed by atoms with Gasteiger partial charge in [-0.3, -0.25) is 9.63 Å². The van der Waals surface area contributed by atoms with Crippen molar-refractivity contribution in [2.75, 3.05) is 39.3 Å². The molecule has 4 fully saturated rings. The molecule has 4 heterocycles. The average molecular weight is 459 g/mol. The third-order valence-corrected chi connectivity index (χ3v) is 7.03. The van der Waals surface area contributed by atoms with Crippen LogP contribution in [-0.2, 0) is 25.3 Å². The number of piperidine rings is 1. The standard InChI is InChI=1S/C19H33N5O6S/c25-18(17-6-5-16-12-23(17)19(26)24(16)30-31(27)28)21-29-13-15-9-14(10-20-15)11-22-7-3-1-2-4-8-22/h14-17,20H,1-13H2,(H,21,25)(H,27,28)/p-1/t14-,15-,16?,17?/m0/s1. The van der Waals surface area contributed by atoms with Crippen LogP contribution >= 0.6 is 0 Å². The normalized spacial score (nSPS) is 32.9. The smallest absolute Gasteiger partial charge is 0.346 e. The highest BCUT2D eigenvalue weighted by atomic mass is 32.2. The first-order valence-electron chi connectivity index (χ1n) is 11.3. The molecule has 4 aliphatic heterocycles. The summed E-state index contributed by atoms with van der Waals surface area (Å²) in [7, 11) is 0. The van der Waals surface area contributed by atoms with E-state index in [9.17, 15) is 18.4 Å². The Labute approximate surface area is 185 Å². The molecular weight excluding hydrogens is 426 g/mol. The molecule has 12 heteroatoms. The molecule has 11 nitrogen and oxygen atoms in total. The van der Waals surface area contributed by atoms with Gasteiger partial charge in [-0.15, -0.1) is 0 Å². The van der Waals surface area contributed by atoms with E-state index < -0.39 is 29.3 Å². The van der Waals surface area contributed by atoms with E-state index >= 15 is 0 Å². The van der Waals surface area contributed by atoms with Gasteiger partial charge in [-0.2, -0.15) is 9.35 Å². The SMILES string of the molecule is O=C(NOC[C@@H]1C[C@H](CN2CCCCCC2)CN1)C1CCC2CN1C(=O)N2OS(=O)[O-]. The number of carbonyl (C=O) groups is 2. The molecule has 5 atom stereocenters. The highest BCUT2D eigenvalue weighted by Gasteiger charge is 2.48. The number of nitrogens with one attached hydrogen (secondary N) is 2. The van der Waals surface area contributed by atoms with Crippen molar-refractivity contribution in [1.82, 2.24) is 25.7 Å². The molecule has 0 saturated carbocycles. The molecule has 3 unspecified atom stereocenters. The van der Waals surface area contributed by atoms with Gasteiger partial charge in [0.2, 0.25) is 0 Å². The summed E-state index contributed by atoms with van der Waals surface area (Å²) in [6.45, 7) is 5.09. The average Bonchev–Trinajstić information content (AvgIpc) is 3.15. The number of fused-ring (bicyclic) bond motifs is 2. The number of likely N-dealkylation sites (tertiary alicyclic amines) is 1. The highest BCUT2D eigenvalue weighted by Crippen LogP contribution is 2.30. The summed E-state index contributed by atoms with van der Waals surface area (Å²) in [5.41, 5.74) is 2.48. The molecule has 0 aromatic rings. The maximum atomic E-state index is 12.6. The van der Waals surface area contributed by atoms with E-state index in [1.165, 1.54) is 43.7 Å². The largest absolute Gasteiger partial charge is 0.748 e. The molecule has 4 rings (SSSR count). The second kappa shape index (κ2) is 10.5. The van der Waals surface area contributed by atoms with Crippen LogP contribution in [0.5, 0.6) is 0 Å². The van der Waals surface area contributed by atoms with E-state index in [1.54, 1.807) is 0 Å². The number of nitrogens with zero attached hydrogens (tertiary/aromatic N) is 3. The van der Waals surface area contributed by atoms with Gasteiger partial charge in [-0.05, 0) is 57.7 Å². The Hall–Kier alpha value is -1.31. The molecular formula is C19H32N5O6S-. The lowest BCUT2D eigenvalue weighted by Gasteiger charge is -2.29. The molecule has 2 bridgehead atoms. The third kappa shape index (κ3) is 5.74. The molecule has 0 aromatic heterocycles. The lowest BCUT2D eigenvalue weighted by Crippen LogP contribution is -2.50. The first-order chi connectivity index (χ1) is 15.0. The van der Waals surface area contributed by atoms with Gasteiger partial charge in [0.25, 0.3) is 5.91 Å². The summed E-state index contributed by atoms with van der Waals surface area (Å²) < 4.78 is 26.1. The van der Waals surface area contributed by atoms with Crippen molar-refractivity contribution in [3.8, 4) is 0 Å². The molecule has 0 aromatic carbocycles. The van der Waals surface area contributed by atoms with Crippen LogP contribution in [0, 0.1) is 5.92 Å². The maximum Gasteiger partial charge on any atom is 0.346 e. The van der Waals surface area contributed by atoms with E-state index in [0.717, 1.165) is 24.6 Å². The minimum absolute atomic E-state index is 0.192. The van der Waals surface area contributed by atoms with Crippen molar-refractivity contribution in [3.05, 3.63) is 0 Å². The molecule has 176 valence electrons. The Morgan fingerprint density at radius 1 is 1.23 bits per heavy atom. The second-order valence-electron chi connectivity index (χ2n) is 8.99. The minimum atomic E-state index is -2.83. The Kier molecular flexibility index (Phi) is 7.77. The number of hydrogen-bond acceptors (Lipinski definition) is 8. The van der Waals surface area contributed by atoms with Gasteiger partial charge in [0, 0.05) is 19.1 Å². The molecule has 4 aliphatic rings. The summed E-state index contributed by atoms with van der Waals surface area (Å²) in [5.74, 6) is 0.202. The van der Waals surface area contributed by atoms with Crippen molar-refractivity contribution in [1.29, 1.82) is 0 Å². The van der Waals surface area contributed by atoms with Crippen LogP contribution in [0.2, 0.25) is 0 Å². The summed E-state index contributed by atoms with van der Waals surface area (Å²) >= 11 is -2.83. The van der Waals surface area contributed by atoms with Gasteiger partial charge in [-0.25, -0.2) is 14.5 Å². The van der Waals surface area contributed by atoms with Crippen LogP contribution < -0.4 is 10.8 Å². The first-order valence-corrected chi connectivity index (χ1v) is 12.3. The lowest BCUT2D eigenvalue weighted by molar-refractivity contribution is -0.139. The Bertz CT molecular complexity index is 676. The summed E-state index contributed by atoms with van der Waals surface area (Å²) in [6.07, 6.45) is 7.18. The quantitative estimate of drug-likeness (QED) is 0.381. The van der Waals surface area contributed by atoms with Gasteiger partial charge in [0.1, 0.15) is 17.4 Å². The number of hydrogen-bond donors (Lipinski definition) is 2. The van der Waals surface area contributed by atoms with E-state index in [1.807, 2.05) is 0 Å². The Morgan fingerprint density at radius 3 is 2.74 bits per heavy atom. The number of urea groups is 1. The number of amides is 3. The molecule has 0 spiro atoms. The van der Waals surface area contributed by atoms with Gasteiger partial charge in [0.05, 0.1) is 12.6 Å². The van der Waals surface area contributed by atoms with Crippen molar-refractivity contribution < 1.29 is 27.5 Å². The predicted octanol–water partition coefficient (Wildman–Crippen LogP) is -0.117. The van der Waals surface area contributed by atoms with Crippen molar-refractivity contribution in [2.24, 2.45) is 5.92 Å². The summed E-state index contributed by atoms with van der Waals surface area (Å²) in [6, 6.07) is -1.47. The van der Waals surface area contributed by atoms with Gasteiger partial charge in [-0.1, -0.05) is 12.8 Å². The fourth-order valence-corrected chi connectivity index (χ4v) is 5.52. The fourth-order valence-electron chi connectivity index (χ4n) is 5.20. The number of hydroxylamine groups is 3. The zero-order chi connectivity index (χ0) is 21.8. The van der Waals surface area contributed by atoms with E-state index in [-0.39, 0.29) is 18.6 Å². The van der Waals surface area contributed by atoms with Crippen LogP contribution in [0.3, 0.4) is 0 Å². The minimum Gasteiger partial charge on any atom is -0.748 e. The first kappa shape index (κ1) is 22.9. The van der Waals surface area contributed by atoms with Crippen LogP contribution in [-0.4, -0.2) is 93.0 Å². The van der Waals surface area contributed by atoms with Crippen LogP contribution in [0.4, 0.5) is 4.79 Å². The molecule has 0 radical (unpaired) electrons. The molecule has 0 aliphatic carbocycles. The highest BCUT2D eigenvalue weighted by molar-refractivity contribution is 7.74. The zero-order valence-electron chi connectivity index (χ0n) is 17.7. The monoisotopic (exact) mass is 458 g/mol. The maximum absolute atomic E-state index is 12.6.